The zero-order chi connectivity index (χ0) is 13.2. The summed E-state index contributed by atoms with van der Waals surface area (Å²) >= 11 is 2.22. The molecule has 96 valence electrons. The summed E-state index contributed by atoms with van der Waals surface area (Å²) in [6.45, 7) is 0.724. The van der Waals surface area contributed by atoms with Crippen LogP contribution in [0.15, 0.2) is 48.5 Å². The molecule has 1 aliphatic carbocycles. The smallest absolute Gasteiger partial charge is 0.251 e. The molecule has 1 aliphatic rings. The van der Waals surface area contributed by atoms with Crippen LogP contribution in [0.2, 0.25) is 0 Å². The lowest BCUT2D eigenvalue weighted by atomic mass is 9.77. The van der Waals surface area contributed by atoms with Gasteiger partial charge < -0.3 is 5.32 Å². The topological polar surface area (TPSA) is 29.1 Å². The molecule has 1 N–H and O–H groups in total. The molecule has 2 aromatic carbocycles. The molecule has 0 bridgehead atoms. The normalized spacial score (nSPS) is 16.4. The summed E-state index contributed by atoms with van der Waals surface area (Å²) in [4.78, 5) is 12.0. The Morgan fingerprint density at radius 3 is 2.84 bits per heavy atom. The fraction of sp³-hybridized carbons (Fsp3) is 0.188. The molecule has 0 aromatic heterocycles. The molecule has 0 aliphatic heterocycles. The summed E-state index contributed by atoms with van der Waals surface area (Å²) in [6, 6.07) is 16.1. The molecular formula is C16H14INO. The Labute approximate surface area is 126 Å². The second-order valence-corrected chi connectivity index (χ2v) is 6.07. The van der Waals surface area contributed by atoms with Gasteiger partial charge in [-0.25, -0.2) is 0 Å². The third-order valence-electron chi connectivity index (χ3n) is 3.56. The van der Waals surface area contributed by atoms with Gasteiger partial charge in [0, 0.05) is 21.6 Å². The first kappa shape index (κ1) is 12.7. The predicted octanol–water partition coefficient (Wildman–Crippen LogP) is 3.36. The van der Waals surface area contributed by atoms with Gasteiger partial charge >= 0.3 is 0 Å². The highest BCUT2D eigenvalue weighted by atomic mass is 127. The van der Waals surface area contributed by atoms with Crippen molar-refractivity contribution in [3.05, 3.63) is 68.8 Å². The van der Waals surface area contributed by atoms with Crippen LogP contribution in [-0.4, -0.2) is 12.5 Å². The number of halogens is 1. The van der Waals surface area contributed by atoms with E-state index in [1.54, 1.807) is 0 Å². The van der Waals surface area contributed by atoms with Crippen LogP contribution >= 0.6 is 22.6 Å². The molecule has 0 radical (unpaired) electrons. The largest absolute Gasteiger partial charge is 0.351 e. The summed E-state index contributed by atoms with van der Waals surface area (Å²) in [5, 5.41) is 3.03. The van der Waals surface area contributed by atoms with Crippen molar-refractivity contribution in [3.8, 4) is 0 Å². The number of fused-ring (bicyclic) bond motifs is 1. The van der Waals surface area contributed by atoms with Gasteiger partial charge in [0.1, 0.15) is 0 Å². The van der Waals surface area contributed by atoms with Crippen molar-refractivity contribution in [2.24, 2.45) is 0 Å². The number of hydrogen-bond acceptors (Lipinski definition) is 1. The van der Waals surface area contributed by atoms with Crippen molar-refractivity contribution in [2.45, 2.75) is 12.3 Å². The number of carbonyl (C=O) groups is 1. The maximum absolute atomic E-state index is 12.0. The van der Waals surface area contributed by atoms with Gasteiger partial charge in [0.25, 0.3) is 5.91 Å². The van der Waals surface area contributed by atoms with Crippen LogP contribution in [0.25, 0.3) is 0 Å². The Kier molecular flexibility index (Phi) is 3.55. The molecule has 0 saturated carbocycles. The van der Waals surface area contributed by atoms with Crippen molar-refractivity contribution >= 4 is 28.5 Å². The lowest BCUT2D eigenvalue weighted by molar-refractivity contribution is 0.0950. The van der Waals surface area contributed by atoms with Gasteiger partial charge in [0.05, 0.1) is 0 Å². The van der Waals surface area contributed by atoms with Crippen LogP contribution in [0, 0.1) is 3.57 Å². The van der Waals surface area contributed by atoms with E-state index in [4.69, 9.17) is 0 Å². The summed E-state index contributed by atoms with van der Waals surface area (Å²) in [5.41, 5.74) is 3.53. The Balaban J connectivity index is 1.61. The van der Waals surface area contributed by atoms with E-state index in [9.17, 15) is 4.79 Å². The second-order valence-electron chi connectivity index (χ2n) is 4.82. The summed E-state index contributed by atoms with van der Waals surface area (Å²) < 4.78 is 1.08. The molecule has 2 nitrogen and oxygen atoms in total. The van der Waals surface area contributed by atoms with E-state index in [0.717, 1.165) is 22.1 Å². The number of amides is 1. The first-order chi connectivity index (χ1) is 9.24. The van der Waals surface area contributed by atoms with Crippen LogP contribution in [-0.2, 0) is 6.42 Å². The van der Waals surface area contributed by atoms with Crippen LogP contribution in [0.3, 0.4) is 0 Å². The fourth-order valence-corrected chi connectivity index (χ4v) is 3.04. The minimum absolute atomic E-state index is 0.0166. The van der Waals surface area contributed by atoms with Crippen molar-refractivity contribution in [2.75, 3.05) is 6.54 Å². The third-order valence-corrected chi connectivity index (χ3v) is 4.23. The molecule has 1 amide bonds. The monoisotopic (exact) mass is 363 g/mol. The van der Waals surface area contributed by atoms with E-state index < -0.39 is 0 Å². The predicted molar refractivity (Wildman–Crippen MR) is 84.4 cm³/mol. The summed E-state index contributed by atoms with van der Waals surface area (Å²) in [6.07, 6.45) is 1.07. The second kappa shape index (κ2) is 5.33. The Hall–Kier alpha value is -1.36. The van der Waals surface area contributed by atoms with Crippen molar-refractivity contribution in [1.29, 1.82) is 0 Å². The molecule has 1 unspecified atom stereocenters. The van der Waals surface area contributed by atoms with Crippen molar-refractivity contribution in [3.63, 3.8) is 0 Å². The maximum atomic E-state index is 12.0. The molecule has 3 rings (SSSR count). The fourth-order valence-electron chi connectivity index (χ4n) is 2.49. The molecule has 2 aromatic rings. The molecule has 3 heteroatoms. The lowest BCUT2D eigenvalue weighted by Crippen LogP contribution is -2.33. The molecular weight excluding hydrogens is 349 g/mol. The van der Waals surface area contributed by atoms with Gasteiger partial charge in [-0.15, -0.1) is 0 Å². The number of hydrogen-bond donors (Lipinski definition) is 1. The highest BCUT2D eigenvalue weighted by Gasteiger charge is 2.25. The molecule has 0 fully saturated rings. The van der Waals surface area contributed by atoms with E-state index in [0.29, 0.717) is 5.92 Å². The Morgan fingerprint density at radius 2 is 2.05 bits per heavy atom. The maximum Gasteiger partial charge on any atom is 0.251 e. The van der Waals surface area contributed by atoms with E-state index in [2.05, 4.69) is 52.2 Å². The summed E-state index contributed by atoms with van der Waals surface area (Å²) in [7, 11) is 0. The lowest BCUT2D eigenvalue weighted by Gasteiger charge is -2.30. The van der Waals surface area contributed by atoms with Gasteiger partial charge in [0.2, 0.25) is 0 Å². The van der Waals surface area contributed by atoms with Crippen LogP contribution in [0.4, 0.5) is 0 Å². The van der Waals surface area contributed by atoms with E-state index >= 15 is 0 Å². The van der Waals surface area contributed by atoms with Gasteiger partial charge in [0.15, 0.2) is 0 Å². The van der Waals surface area contributed by atoms with Crippen LogP contribution < -0.4 is 5.32 Å². The van der Waals surface area contributed by atoms with E-state index in [-0.39, 0.29) is 5.91 Å². The van der Waals surface area contributed by atoms with E-state index in [1.807, 2.05) is 24.3 Å². The quantitative estimate of drug-likeness (QED) is 0.833. The van der Waals surface area contributed by atoms with Gasteiger partial charge in [-0.05, 0) is 58.3 Å². The minimum atomic E-state index is 0.0166. The molecule has 0 heterocycles. The van der Waals surface area contributed by atoms with Crippen molar-refractivity contribution < 1.29 is 4.79 Å². The number of nitrogens with one attached hydrogen (secondary N) is 1. The van der Waals surface area contributed by atoms with Gasteiger partial charge in [-0.2, -0.15) is 0 Å². The minimum Gasteiger partial charge on any atom is -0.351 e. The Bertz CT molecular complexity index is 624. The number of rotatable bonds is 3. The molecule has 0 spiro atoms. The molecule has 0 saturated heterocycles. The standard InChI is InChI=1S/C16H14INO/c17-14-6-3-5-12(9-14)16(19)18-10-13-8-11-4-1-2-7-15(11)13/h1-7,9,13H,8,10H2,(H,18,19). The SMILES string of the molecule is O=C(NCC1Cc2ccccc21)c1cccc(I)c1. The van der Waals surface area contributed by atoms with Gasteiger partial charge in [-0.3, -0.25) is 4.79 Å². The first-order valence-corrected chi connectivity index (χ1v) is 7.43. The Morgan fingerprint density at radius 1 is 1.21 bits per heavy atom. The van der Waals surface area contributed by atoms with Crippen molar-refractivity contribution in [1.82, 2.24) is 5.32 Å². The highest BCUT2D eigenvalue weighted by Crippen LogP contribution is 2.33. The van der Waals surface area contributed by atoms with Gasteiger partial charge in [-0.1, -0.05) is 30.3 Å². The number of benzene rings is 2. The molecule has 1 atom stereocenters. The molecule has 19 heavy (non-hydrogen) atoms. The zero-order valence-corrected chi connectivity index (χ0v) is 12.6. The first-order valence-electron chi connectivity index (χ1n) is 6.35. The van der Waals surface area contributed by atoms with Crippen LogP contribution in [0.1, 0.15) is 27.4 Å². The van der Waals surface area contributed by atoms with E-state index in [1.165, 1.54) is 11.1 Å². The average Bonchev–Trinajstić information content (AvgIpc) is 2.39. The number of carbonyl (C=O) groups excluding carboxylic acids is 1. The summed E-state index contributed by atoms with van der Waals surface area (Å²) in [5.74, 6) is 0.492. The zero-order valence-electron chi connectivity index (χ0n) is 10.4. The third kappa shape index (κ3) is 2.66. The average molecular weight is 363 g/mol. The van der Waals surface area contributed by atoms with Crippen LogP contribution in [0.5, 0.6) is 0 Å². The highest BCUT2D eigenvalue weighted by molar-refractivity contribution is 14.1.